The molecule has 0 aliphatic carbocycles. The van der Waals surface area contributed by atoms with E-state index in [0.29, 0.717) is 17.7 Å². The monoisotopic (exact) mass is 328 g/mol. The number of rotatable bonds is 6. The number of aryl methyl sites for hydroxylation is 1. The molecular formula is C18H20N2O4. The molecule has 0 saturated carbocycles. The van der Waals surface area contributed by atoms with Crippen molar-refractivity contribution < 1.29 is 14.7 Å². The Balaban J connectivity index is 2.32. The summed E-state index contributed by atoms with van der Waals surface area (Å²) in [6.45, 7) is 3.52. The van der Waals surface area contributed by atoms with E-state index >= 15 is 0 Å². The molecule has 0 radical (unpaired) electrons. The molecule has 2 atom stereocenters. The standard InChI is InChI=1S/C18H20N2O4/c1-3-14(20-12(2)8-7-11-15(20)21)17(22)19-16(18(23)24)13-9-5-4-6-10-13/h4-11,14,16H,3H2,1-2H3,(H,19,22)(H,23,24). The van der Waals surface area contributed by atoms with Crippen molar-refractivity contribution in [2.24, 2.45) is 0 Å². The lowest BCUT2D eigenvalue weighted by Crippen LogP contribution is -2.41. The number of nitrogens with zero attached hydrogens (tertiary/aromatic N) is 1. The van der Waals surface area contributed by atoms with Gasteiger partial charge in [-0.15, -0.1) is 0 Å². The van der Waals surface area contributed by atoms with Crippen molar-refractivity contribution >= 4 is 11.9 Å². The number of aliphatic carboxylic acids is 1. The van der Waals surface area contributed by atoms with Crippen LogP contribution in [0.2, 0.25) is 0 Å². The lowest BCUT2D eigenvalue weighted by molar-refractivity contribution is -0.142. The fraction of sp³-hybridized carbons (Fsp3) is 0.278. The average Bonchev–Trinajstić information content (AvgIpc) is 2.56. The van der Waals surface area contributed by atoms with Crippen LogP contribution in [0.4, 0.5) is 0 Å². The van der Waals surface area contributed by atoms with Crippen molar-refractivity contribution in [1.82, 2.24) is 9.88 Å². The van der Waals surface area contributed by atoms with Crippen molar-refractivity contribution in [3.05, 3.63) is 70.1 Å². The molecule has 1 aromatic carbocycles. The molecule has 1 heterocycles. The second-order valence-corrected chi connectivity index (χ2v) is 5.49. The van der Waals surface area contributed by atoms with E-state index in [1.54, 1.807) is 56.3 Å². The highest BCUT2D eigenvalue weighted by Gasteiger charge is 2.27. The van der Waals surface area contributed by atoms with E-state index in [0.717, 1.165) is 0 Å². The van der Waals surface area contributed by atoms with Gasteiger partial charge in [0.15, 0.2) is 6.04 Å². The number of pyridine rings is 1. The van der Waals surface area contributed by atoms with Gasteiger partial charge in [0, 0.05) is 11.8 Å². The predicted molar refractivity (Wildman–Crippen MR) is 89.7 cm³/mol. The summed E-state index contributed by atoms with van der Waals surface area (Å²) in [7, 11) is 0. The first-order chi connectivity index (χ1) is 11.5. The van der Waals surface area contributed by atoms with Crippen molar-refractivity contribution in [1.29, 1.82) is 0 Å². The third-order valence-electron chi connectivity index (χ3n) is 3.86. The van der Waals surface area contributed by atoms with Crippen LogP contribution in [0.1, 0.15) is 36.7 Å². The van der Waals surface area contributed by atoms with Crippen LogP contribution in [-0.2, 0) is 9.59 Å². The summed E-state index contributed by atoms with van der Waals surface area (Å²) in [5.74, 6) is -1.65. The van der Waals surface area contributed by atoms with Gasteiger partial charge in [-0.1, -0.05) is 43.3 Å². The van der Waals surface area contributed by atoms with Gasteiger partial charge >= 0.3 is 5.97 Å². The smallest absolute Gasteiger partial charge is 0.330 e. The number of hydrogen-bond donors (Lipinski definition) is 2. The van der Waals surface area contributed by atoms with E-state index in [1.165, 1.54) is 10.6 Å². The van der Waals surface area contributed by atoms with Crippen LogP contribution in [-0.4, -0.2) is 21.6 Å². The van der Waals surface area contributed by atoms with E-state index in [1.807, 2.05) is 0 Å². The molecule has 2 unspecified atom stereocenters. The van der Waals surface area contributed by atoms with Crippen molar-refractivity contribution in [2.45, 2.75) is 32.4 Å². The normalized spacial score (nSPS) is 13.1. The maximum absolute atomic E-state index is 12.6. The first-order valence-corrected chi connectivity index (χ1v) is 7.72. The molecule has 0 aliphatic rings. The number of nitrogens with one attached hydrogen (secondary N) is 1. The summed E-state index contributed by atoms with van der Waals surface area (Å²) in [6, 6.07) is 11.3. The summed E-state index contributed by atoms with van der Waals surface area (Å²) in [5.41, 5.74) is 0.838. The second kappa shape index (κ2) is 7.59. The van der Waals surface area contributed by atoms with E-state index < -0.39 is 24.0 Å². The highest BCUT2D eigenvalue weighted by atomic mass is 16.4. The Labute approximate surface area is 139 Å². The van der Waals surface area contributed by atoms with Crippen molar-refractivity contribution in [2.75, 3.05) is 0 Å². The average molecular weight is 328 g/mol. The molecule has 0 spiro atoms. The van der Waals surface area contributed by atoms with Gasteiger partial charge in [0.2, 0.25) is 5.91 Å². The summed E-state index contributed by atoms with van der Waals surface area (Å²) in [5, 5.41) is 12.0. The maximum Gasteiger partial charge on any atom is 0.330 e. The van der Waals surface area contributed by atoms with Crippen LogP contribution >= 0.6 is 0 Å². The number of carboxylic acid groups (broad SMARTS) is 1. The SMILES string of the molecule is CCC(C(=O)NC(C(=O)O)c1ccccc1)n1c(C)cccc1=O. The lowest BCUT2D eigenvalue weighted by Gasteiger charge is -2.22. The van der Waals surface area contributed by atoms with Gasteiger partial charge in [0.05, 0.1) is 0 Å². The summed E-state index contributed by atoms with van der Waals surface area (Å²) < 4.78 is 1.39. The Morgan fingerprint density at radius 3 is 2.33 bits per heavy atom. The van der Waals surface area contributed by atoms with Crippen LogP contribution in [0.5, 0.6) is 0 Å². The minimum absolute atomic E-state index is 0.288. The topological polar surface area (TPSA) is 88.4 Å². The Morgan fingerprint density at radius 2 is 1.79 bits per heavy atom. The Morgan fingerprint density at radius 1 is 1.12 bits per heavy atom. The zero-order valence-electron chi connectivity index (χ0n) is 13.6. The highest BCUT2D eigenvalue weighted by Crippen LogP contribution is 2.17. The molecular weight excluding hydrogens is 308 g/mol. The van der Waals surface area contributed by atoms with Crippen LogP contribution in [0.15, 0.2) is 53.3 Å². The van der Waals surface area contributed by atoms with Crippen LogP contribution in [0.3, 0.4) is 0 Å². The van der Waals surface area contributed by atoms with Crippen molar-refractivity contribution in [3.63, 3.8) is 0 Å². The molecule has 6 nitrogen and oxygen atoms in total. The molecule has 1 amide bonds. The fourth-order valence-electron chi connectivity index (χ4n) is 2.66. The number of aromatic nitrogens is 1. The van der Waals surface area contributed by atoms with Crippen LogP contribution in [0, 0.1) is 6.92 Å². The number of benzene rings is 1. The zero-order chi connectivity index (χ0) is 17.7. The number of hydrogen-bond acceptors (Lipinski definition) is 3. The van der Waals surface area contributed by atoms with E-state index in [-0.39, 0.29) is 5.56 Å². The number of carbonyl (C=O) groups excluding carboxylic acids is 1. The molecule has 6 heteroatoms. The Hall–Kier alpha value is -2.89. The third-order valence-corrected chi connectivity index (χ3v) is 3.86. The molecule has 2 N–H and O–H groups in total. The Bertz CT molecular complexity index is 783. The van der Waals surface area contributed by atoms with Crippen molar-refractivity contribution in [3.8, 4) is 0 Å². The number of amides is 1. The second-order valence-electron chi connectivity index (χ2n) is 5.49. The maximum atomic E-state index is 12.6. The number of carbonyl (C=O) groups is 2. The van der Waals surface area contributed by atoms with Gasteiger partial charge < -0.3 is 15.0 Å². The minimum Gasteiger partial charge on any atom is -0.479 e. The molecule has 24 heavy (non-hydrogen) atoms. The first kappa shape index (κ1) is 17.5. The quantitative estimate of drug-likeness (QED) is 0.849. The summed E-state index contributed by atoms with van der Waals surface area (Å²) in [4.78, 5) is 36.3. The predicted octanol–water partition coefficient (Wildman–Crippen LogP) is 2.05. The van der Waals surface area contributed by atoms with Gasteiger partial charge in [-0.05, 0) is 25.0 Å². The molecule has 0 saturated heterocycles. The van der Waals surface area contributed by atoms with E-state index in [4.69, 9.17) is 0 Å². The van der Waals surface area contributed by atoms with Crippen LogP contribution in [0.25, 0.3) is 0 Å². The number of carboxylic acids is 1. The van der Waals surface area contributed by atoms with E-state index in [9.17, 15) is 19.5 Å². The first-order valence-electron chi connectivity index (χ1n) is 7.72. The van der Waals surface area contributed by atoms with Gasteiger partial charge in [0.1, 0.15) is 6.04 Å². The van der Waals surface area contributed by atoms with Gasteiger partial charge in [-0.25, -0.2) is 4.79 Å². The fourth-order valence-corrected chi connectivity index (χ4v) is 2.66. The molecule has 126 valence electrons. The molecule has 1 aromatic heterocycles. The largest absolute Gasteiger partial charge is 0.479 e. The molecule has 0 bridgehead atoms. The third kappa shape index (κ3) is 3.71. The highest BCUT2D eigenvalue weighted by molar-refractivity contribution is 5.86. The van der Waals surface area contributed by atoms with Gasteiger partial charge in [0.25, 0.3) is 5.56 Å². The lowest BCUT2D eigenvalue weighted by atomic mass is 10.1. The zero-order valence-corrected chi connectivity index (χ0v) is 13.6. The summed E-state index contributed by atoms with van der Waals surface area (Å²) >= 11 is 0. The molecule has 0 aliphatic heterocycles. The van der Waals surface area contributed by atoms with Gasteiger partial charge in [-0.2, -0.15) is 0 Å². The summed E-state index contributed by atoms with van der Waals surface area (Å²) in [6.07, 6.45) is 0.373. The molecule has 2 rings (SSSR count). The molecule has 2 aromatic rings. The minimum atomic E-state index is -1.16. The van der Waals surface area contributed by atoms with Gasteiger partial charge in [-0.3, -0.25) is 9.59 Å². The molecule has 0 fully saturated rings. The van der Waals surface area contributed by atoms with Crippen LogP contribution < -0.4 is 10.9 Å². The van der Waals surface area contributed by atoms with E-state index in [2.05, 4.69) is 5.32 Å². The Kier molecular flexibility index (Phi) is 5.52.